The van der Waals surface area contributed by atoms with Crippen molar-refractivity contribution in [2.75, 3.05) is 24.3 Å². The van der Waals surface area contributed by atoms with Crippen LogP contribution < -0.4 is 15.4 Å². The summed E-state index contributed by atoms with van der Waals surface area (Å²) in [4.78, 5) is 16.0. The van der Waals surface area contributed by atoms with E-state index in [0.29, 0.717) is 0 Å². The van der Waals surface area contributed by atoms with Gasteiger partial charge in [-0.3, -0.25) is 4.79 Å². The van der Waals surface area contributed by atoms with Crippen molar-refractivity contribution in [3.8, 4) is 5.75 Å². The number of nitrogens with one attached hydrogen (secondary N) is 2. The molecule has 120 valence electrons. The third-order valence-electron chi connectivity index (χ3n) is 3.86. The highest BCUT2D eigenvalue weighted by Crippen LogP contribution is 2.30. The summed E-state index contributed by atoms with van der Waals surface area (Å²) in [5, 5.41) is 6.17. The molecule has 0 atom stereocenters. The highest BCUT2D eigenvalue weighted by atomic mass is 16.5. The SMILES string of the molecule is COc1ccc(CCNc2ccc(NC(=O)C3CC3)cn2)cc1. The molecule has 2 aromatic rings. The largest absolute Gasteiger partial charge is 0.497 e. The first-order valence-corrected chi connectivity index (χ1v) is 7.88. The van der Waals surface area contributed by atoms with Crippen molar-refractivity contribution in [3.63, 3.8) is 0 Å². The Hall–Kier alpha value is -2.56. The maximum atomic E-state index is 11.7. The predicted octanol–water partition coefficient (Wildman–Crippen LogP) is 3.09. The van der Waals surface area contributed by atoms with E-state index in [-0.39, 0.29) is 11.8 Å². The number of nitrogens with zero attached hydrogens (tertiary/aromatic N) is 1. The van der Waals surface area contributed by atoms with Crippen molar-refractivity contribution in [3.05, 3.63) is 48.2 Å². The van der Waals surface area contributed by atoms with Gasteiger partial charge >= 0.3 is 0 Å². The lowest BCUT2D eigenvalue weighted by molar-refractivity contribution is -0.117. The second kappa shape index (κ2) is 7.13. The summed E-state index contributed by atoms with van der Waals surface area (Å²) >= 11 is 0. The number of methoxy groups -OCH3 is 1. The van der Waals surface area contributed by atoms with Crippen LogP contribution >= 0.6 is 0 Å². The molecule has 1 aliphatic rings. The molecule has 1 saturated carbocycles. The number of carbonyl (C=O) groups excluding carboxylic acids is 1. The van der Waals surface area contributed by atoms with Gasteiger partial charge in [0.05, 0.1) is 19.0 Å². The van der Waals surface area contributed by atoms with E-state index in [9.17, 15) is 4.79 Å². The predicted molar refractivity (Wildman–Crippen MR) is 90.8 cm³/mol. The van der Waals surface area contributed by atoms with E-state index in [0.717, 1.165) is 43.1 Å². The molecule has 3 rings (SSSR count). The van der Waals surface area contributed by atoms with Gasteiger partial charge < -0.3 is 15.4 Å². The molecule has 0 saturated heterocycles. The van der Waals surface area contributed by atoms with Gasteiger partial charge in [0.15, 0.2) is 0 Å². The van der Waals surface area contributed by atoms with Crippen LogP contribution in [0.1, 0.15) is 18.4 Å². The minimum Gasteiger partial charge on any atom is -0.497 e. The van der Waals surface area contributed by atoms with Gasteiger partial charge in [-0.2, -0.15) is 0 Å². The maximum absolute atomic E-state index is 11.7. The van der Waals surface area contributed by atoms with E-state index in [4.69, 9.17) is 4.74 Å². The zero-order valence-electron chi connectivity index (χ0n) is 13.2. The van der Waals surface area contributed by atoms with Gasteiger partial charge in [-0.05, 0) is 49.1 Å². The minimum atomic E-state index is 0.104. The van der Waals surface area contributed by atoms with Gasteiger partial charge in [0.25, 0.3) is 0 Å². The Labute approximate surface area is 136 Å². The zero-order chi connectivity index (χ0) is 16.1. The lowest BCUT2D eigenvalue weighted by atomic mass is 10.1. The van der Waals surface area contributed by atoms with E-state index < -0.39 is 0 Å². The summed E-state index contributed by atoms with van der Waals surface area (Å²) < 4.78 is 5.14. The molecule has 23 heavy (non-hydrogen) atoms. The van der Waals surface area contributed by atoms with E-state index in [1.807, 2.05) is 24.3 Å². The van der Waals surface area contributed by atoms with Crippen molar-refractivity contribution in [2.24, 2.45) is 5.92 Å². The van der Waals surface area contributed by atoms with Crippen LogP contribution in [0.25, 0.3) is 0 Å². The highest BCUT2D eigenvalue weighted by molar-refractivity contribution is 5.93. The van der Waals surface area contributed by atoms with E-state index >= 15 is 0 Å². The lowest BCUT2D eigenvalue weighted by Crippen LogP contribution is -2.13. The van der Waals surface area contributed by atoms with E-state index in [1.165, 1.54) is 5.56 Å². The van der Waals surface area contributed by atoms with Crippen molar-refractivity contribution >= 4 is 17.4 Å². The highest BCUT2D eigenvalue weighted by Gasteiger charge is 2.29. The van der Waals surface area contributed by atoms with Crippen LogP contribution in [-0.4, -0.2) is 24.5 Å². The first kappa shape index (κ1) is 15.3. The quantitative estimate of drug-likeness (QED) is 0.825. The number of anilines is 2. The molecule has 5 nitrogen and oxygen atoms in total. The van der Waals surface area contributed by atoms with Crippen LogP contribution in [0.2, 0.25) is 0 Å². The van der Waals surface area contributed by atoms with Crippen LogP contribution in [0.4, 0.5) is 11.5 Å². The van der Waals surface area contributed by atoms with Crippen molar-refractivity contribution in [1.29, 1.82) is 0 Å². The number of benzene rings is 1. The van der Waals surface area contributed by atoms with Crippen molar-refractivity contribution in [2.45, 2.75) is 19.3 Å². The molecule has 0 spiro atoms. The fourth-order valence-electron chi connectivity index (χ4n) is 2.29. The molecule has 5 heteroatoms. The van der Waals surface area contributed by atoms with Gasteiger partial charge in [-0.15, -0.1) is 0 Å². The van der Waals surface area contributed by atoms with Crippen molar-refractivity contribution in [1.82, 2.24) is 4.98 Å². The smallest absolute Gasteiger partial charge is 0.227 e. The number of hydrogen-bond acceptors (Lipinski definition) is 4. The first-order valence-electron chi connectivity index (χ1n) is 7.88. The van der Waals surface area contributed by atoms with E-state index in [2.05, 4.69) is 27.8 Å². The first-order chi connectivity index (χ1) is 11.2. The molecule has 1 aliphatic carbocycles. The van der Waals surface area contributed by atoms with Gasteiger partial charge in [0.1, 0.15) is 11.6 Å². The Morgan fingerprint density at radius 3 is 2.61 bits per heavy atom. The standard InChI is InChI=1S/C18H21N3O2/c1-23-16-7-2-13(3-8-16)10-11-19-17-9-6-15(12-20-17)21-18(22)14-4-5-14/h2-3,6-9,12,14H,4-5,10-11H2,1H3,(H,19,20)(H,21,22). The number of carbonyl (C=O) groups is 1. The molecule has 0 aliphatic heterocycles. The van der Waals surface area contributed by atoms with Gasteiger partial charge in [0.2, 0.25) is 5.91 Å². The Balaban J connectivity index is 1.45. The Morgan fingerprint density at radius 2 is 2.00 bits per heavy atom. The zero-order valence-corrected chi connectivity index (χ0v) is 13.2. The lowest BCUT2D eigenvalue weighted by Gasteiger charge is -2.08. The molecule has 1 amide bonds. The van der Waals surface area contributed by atoms with E-state index in [1.54, 1.807) is 13.3 Å². The molecule has 0 bridgehead atoms. The Kier molecular flexibility index (Phi) is 4.76. The van der Waals surface area contributed by atoms with Gasteiger partial charge in [-0.1, -0.05) is 12.1 Å². The molecule has 1 fully saturated rings. The normalized spacial score (nSPS) is 13.4. The van der Waals surface area contributed by atoms with Crippen LogP contribution in [0.15, 0.2) is 42.6 Å². The van der Waals surface area contributed by atoms with Gasteiger partial charge in [0, 0.05) is 12.5 Å². The summed E-state index contributed by atoms with van der Waals surface area (Å²) in [6.07, 6.45) is 4.61. The Morgan fingerprint density at radius 1 is 1.22 bits per heavy atom. The number of ether oxygens (including phenoxy) is 1. The molecule has 1 heterocycles. The summed E-state index contributed by atoms with van der Waals surface area (Å²) in [7, 11) is 1.67. The minimum absolute atomic E-state index is 0.104. The average molecular weight is 311 g/mol. The third-order valence-corrected chi connectivity index (χ3v) is 3.86. The molecule has 0 unspecified atom stereocenters. The molecule has 0 radical (unpaired) electrons. The van der Waals surface area contributed by atoms with Crippen LogP contribution in [0.3, 0.4) is 0 Å². The molecule has 1 aromatic heterocycles. The number of pyridine rings is 1. The summed E-state index contributed by atoms with van der Waals surface area (Å²) in [6.45, 7) is 0.799. The summed E-state index contributed by atoms with van der Waals surface area (Å²) in [6, 6.07) is 11.8. The number of rotatable bonds is 7. The maximum Gasteiger partial charge on any atom is 0.227 e. The number of amides is 1. The fraction of sp³-hybridized carbons (Fsp3) is 0.333. The van der Waals surface area contributed by atoms with Crippen LogP contribution in [0, 0.1) is 5.92 Å². The number of aromatic nitrogens is 1. The average Bonchev–Trinajstić information content (AvgIpc) is 3.42. The topological polar surface area (TPSA) is 63.2 Å². The Bertz CT molecular complexity index is 649. The van der Waals surface area contributed by atoms with Crippen molar-refractivity contribution < 1.29 is 9.53 Å². The summed E-state index contributed by atoms with van der Waals surface area (Å²) in [5.74, 6) is 1.99. The second-order valence-corrected chi connectivity index (χ2v) is 5.72. The monoisotopic (exact) mass is 311 g/mol. The molecule has 2 N–H and O–H groups in total. The third kappa shape index (κ3) is 4.45. The fourth-order valence-corrected chi connectivity index (χ4v) is 2.29. The summed E-state index contributed by atoms with van der Waals surface area (Å²) in [5.41, 5.74) is 1.99. The molecule has 1 aromatic carbocycles. The second-order valence-electron chi connectivity index (χ2n) is 5.72. The van der Waals surface area contributed by atoms with Gasteiger partial charge in [-0.25, -0.2) is 4.98 Å². The van der Waals surface area contributed by atoms with Crippen LogP contribution in [0.5, 0.6) is 5.75 Å². The van der Waals surface area contributed by atoms with Crippen LogP contribution in [-0.2, 0) is 11.2 Å². The molecular weight excluding hydrogens is 290 g/mol. The molecular formula is C18H21N3O2. The number of hydrogen-bond donors (Lipinski definition) is 2.